The van der Waals surface area contributed by atoms with Crippen LogP contribution in [0.3, 0.4) is 0 Å². The molecule has 2 aromatic rings. The average Bonchev–Trinajstić information content (AvgIpc) is 2.62. The Kier molecular flexibility index (Phi) is 5.74. The number of nitrogens with one attached hydrogen (secondary N) is 1. The Balaban J connectivity index is 1.97. The lowest BCUT2D eigenvalue weighted by molar-refractivity contribution is 0.102. The first-order valence-electron chi connectivity index (χ1n) is 8.59. The van der Waals surface area contributed by atoms with Crippen LogP contribution in [0.4, 0.5) is 11.4 Å². The molecule has 2 aromatic carbocycles. The largest absolute Gasteiger partial charge is 0.367 e. The molecule has 1 heterocycles. The van der Waals surface area contributed by atoms with Crippen LogP contribution in [0.2, 0.25) is 5.02 Å². The lowest BCUT2D eigenvalue weighted by atomic mass is 10.1. The van der Waals surface area contributed by atoms with Crippen molar-refractivity contribution >= 4 is 38.7 Å². The van der Waals surface area contributed by atoms with Crippen LogP contribution in [0.25, 0.3) is 0 Å². The third-order valence-electron chi connectivity index (χ3n) is 4.61. The summed E-state index contributed by atoms with van der Waals surface area (Å²) >= 11 is 6.12. The third-order valence-corrected chi connectivity index (χ3v) is 6.05. The Bertz CT molecular complexity index is 954. The predicted molar refractivity (Wildman–Crippen MR) is 109 cm³/mol. The lowest BCUT2D eigenvalue weighted by Gasteiger charge is -2.35. The van der Waals surface area contributed by atoms with Gasteiger partial charge in [-0.15, -0.1) is 0 Å². The fourth-order valence-electron chi connectivity index (χ4n) is 3.00. The molecule has 0 radical (unpaired) electrons. The van der Waals surface area contributed by atoms with E-state index in [2.05, 4.69) is 22.2 Å². The molecular weight excluding hydrogens is 386 g/mol. The van der Waals surface area contributed by atoms with E-state index in [1.54, 1.807) is 36.4 Å². The summed E-state index contributed by atoms with van der Waals surface area (Å²) in [6.45, 7) is 3.38. The Morgan fingerprint density at radius 3 is 2.37 bits per heavy atom. The minimum absolute atomic E-state index is 0.162. The third kappa shape index (κ3) is 4.61. The summed E-state index contributed by atoms with van der Waals surface area (Å²) in [4.78, 5) is 17.2. The molecule has 0 atom stereocenters. The van der Waals surface area contributed by atoms with Crippen molar-refractivity contribution in [3.63, 3.8) is 0 Å². The van der Waals surface area contributed by atoms with Crippen LogP contribution in [-0.4, -0.2) is 58.7 Å². The van der Waals surface area contributed by atoms with Gasteiger partial charge in [-0.1, -0.05) is 23.7 Å². The van der Waals surface area contributed by atoms with Crippen LogP contribution in [0.1, 0.15) is 10.4 Å². The first kappa shape index (κ1) is 19.7. The van der Waals surface area contributed by atoms with E-state index in [0.717, 1.165) is 38.1 Å². The number of sulfone groups is 1. The number of amides is 1. The highest BCUT2D eigenvalue weighted by molar-refractivity contribution is 7.90. The van der Waals surface area contributed by atoms with Gasteiger partial charge in [0.2, 0.25) is 0 Å². The van der Waals surface area contributed by atoms with Crippen LogP contribution in [0, 0.1) is 0 Å². The first-order chi connectivity index (χ1) is 12.8. The summed E-state index contributed by atoms with van der Waals surface area (Å²) in [5.74, 6) is -0.373. The molecule has 1 N–H and O–H groups in total. The molecule has 1 aliphatic rings. The van der Waals surface area contributed by atoms with Gasteiger partial charge in [-0.25, -0.2) is 8.42 Å². The molecular formula is C19H22ClN3O3S. The second-order valence-corrected chi connectivity index (χ2v) is 9.10. The number of nitrogens with zero attached hydrogens (tertiary/aromatic N) is 2. The molecule has 1 aliphatic heterocycles. The minimum Gasteiger partial charge on any atom is -0.367 e. The van der Waals surface area contributed by atoms with Gasteiger partial charge in [0.15, 0.2) is 9.84 Å². The topological polar surface area (TPSA) is 69.7 Å². The van der Waals surface area contributed by atoms with Gasteiger partial charge in [0.1, 0.15) is 0 Å². The van der Waals surface area contributed by atoms with Gasteiger partial charge in [-0.3, -0.25) is 4.79 Å². The van der Waals surface area contributed by atoms with Crippen LogP contribution in [-0.2, 0) is 9.84 Å². The van der Waals surface area contributed by atoms with E-state index in [4.69, 9.17) is 11.6 Å². The van der Waals surface area contributed by atoms with E-state index < -0.39 is 9.84 Å². The number of carbonyl (C=O) groups is 1. The van der Waals surface area contributed by atoms with Crippen molar-refractivity contribution < 1.29 is 13.2 Å². The number of piperazine rings is 1. The van der Waals surface area contributed by atoms with Crippen molar-refractivity contribution in [1.29, 1.82) is 0 Å². The maximum Gasteiger partial charge on any atom is 0.257 e. The zero-order chi connectivity index (χ0) is 19.6. The molecule has 8 heteroatoms. The number of anilines is 2. The molecule has 0 bridgehead atoms. The average molecular weight is 408 g/mol. The quantitative estimate of drug-likeness (QED) is 0.843. The SMILES string of the molecule is CN1CCN(c2ccc(S(C)(=O)=O)cc2NC(=O)c2ccccc2Cl)CC1. The van der Waals surface area contributed by atoms with Gasteiger partial charge in [-0.2, -0.15) is 0 Å². The molecule has 0 aromatic heterocycles. The number of carbonyl (C=O) groups excluding carboxylic acids is 1. The summed E-state index contributed by atoms with van der Waals surface area (Å²) in [5, 5.41) is 3.19. The molecule has 0 spiro atoms. The number of halogens is 1. The molecule has 1 fully saturated rings. The fraction of sp³-hybridized carbons (Fsp3) is 0.316. The van der Waals surface area contributed by atoms with Gasteiger partial charge in [0, 0.05) is 32.4 Å². The van der Waals surface area contributed by atoms with E-state index in [0.29, 0.717) is 16.3 Å². The van der Waals surface area contributed by atoms with E-state index in [1.165, 1.54) is 6.07 Å². The number of hydrogen-bond donors (Lipinski definition) is 1. The summed E-state index contributed by atoms with van der Waals surface area (Å²) in [7, 11) is -1.33. The van der Waals surface area contributed by atoms with Gasteiger partial charge < -0.3 is 15.1 Å². The maximum absolute atomic E-state index is 12.7. The normalized spacial score (nSPS) is 15.6. The number of benzene rings is 2. The highest BCUT2D eigenvalue weighted by Gasteiger charge is 2.21. The Morgan fingerprint density at radius 1 is 1.07 bits per heavy atom. The van der Waals surface area contributed by atoms with Crippen LogP contribution < -0.4 is 10.2 Å². The van der Waals surface area contributed by atoms with Crippen LogP contribution in [0.15, 0.2) is 47.4 Å². The van der Waals surface area contributed by atoms with E-state index >= 15 is 0 Å². The molecule has 27 heavy (non-hydrogen) atoms. The zero-order valence-corrected chi connectivity index (χ0v) is 16.8. The number of rotatable bonds is 4. The van der Waals surface area contributed by atoms with Crippen molar-refractivity contribution in [1.82, 2.24) is 4.90 Å². The summed E-state index contributed by atoms with van der Waals surface area (Å²) in [6, 6.07) is 11.6. The number of hydrogen-bond acceptors (Lipinski definition) is 5. The van der Waals surface area contributed by atoms with Gasteiger partial charge >= 0.3 is 0 Å². The standard InChI is InChI=1S/C19H22ClN3O3S/c1-22-9-11-23(12-10-22)18-8-7-14(27(2,25)26)13-17(18)21-19(24)15-5-3-4-6-16(15)20/h3-8,13H,9-12H2,1-2H3,(H,21,24). The minimum atomic E-state index is -3.39. The maximum atomic E-state index is 12.7. The Morgan fingerprint density at radius 2 is 1.74 bits per heavy atom. The van der Waals surface area contributed by atoms with Crippen molar-refractivity contribution in [2.24, 2.45) is 0 Å². The van der Waals surface area contributed by atoms with Crippen molar-refractivity contribution in [2.45, 2.75) is 4.90 Å². The van der Waals surface area contributed by atoms with E-state index in [9.17, 15) is 13.2 Å². The van der Waals surface area contributed by atoms with Crippen molar-refractivity contribution in [3.8, 4) is 0 Å². The fourth-order valence-corrected chi connectivity index (χ4v) is 3.87. The van der Waals surface area contributed by atoms with E-state index in [1.807, 2.05) is 0 Å². The Labute approximate surface area is 164 Å². The zero-order valence-electron chi connectivity index (χ0n) is 15.3. The first-order valence-corrected chi connectivity index (χ1v) is 10.9. The molecule has 1 amide bonds. The lowest BCUT2D eigenvalue weighted by Crippen LogP contribution is -2.44. The highest BCUT2D eigenvalue weighted by atomic mass is 35.5. The summed E-state index contributed by atoms with van der Waals surface area (Å²) in [5.41, 5.74) is 1.61. The second-order valence-electron chi connectivity index (χ2n) is 6.68. The van der Waals surface area contributed by atoms with Crippen molar-refractivity contribution in [2.75, 3.05) is 49.7 Å². The predicted octanol–water partition coefficient (Wildman–Crippen LogP) is 2.75. The van der Waals surface area contributed by atoms with Gasteiger partial charge in [0.05, 0.1) is 26.9 Å². The van der Waals surface area contributed by atoms with E-state index in [-0.39, 0.29) is 10.8 Å². The molecule has 144 valence electrons. The summed E-state index contributed by atoms with van der Waals surface area (Å²) in [6.07, 6.45) is 1.15. The molecule has 0 saturated carbocycles. The molecule has 6 nitrogen and oxygen atoms in total. The number of likely N-dealkylation sites (N-methyl/N-ethyl adjacent to an activating group) is 1. The molecule has 1 saturated heterocycles. The second kappa shape index (κ2) is 7.88. The monoisotopic (exact) mass is 407 g/mol. The molecule has 0 aliphatic carbocycles. The van der Waals surface area contributed by atoms with Gasteiger partial charge in [0.25, 0.3) is 5.91 Å². The smallest absolute Gasteiger partial charge is 0.257 e. The highest BCUT2D eigenvalue weighted by Crippen LogP contribution is 2.31. The summed E-state index contributed by atoms with van der Waals surface area (Å²) < 4.78 is 23.9. The van der Waals surface area contributed by atoms with Crippen LogP contribution >= 0.6 is 11.6 Å². The van der Waals surface area contributed by atoms with Crippen LogP contribution in [0.5, 0.6) is 0 Å². The Hall–Kier alpha value is -2.09. The molecule has 0 unspecified atom stereocenters. The van der Waals surface area contributed by atoms with Gasteiger partial charge in [-0.05, 0) is 37.4 Å². The van der Waals surface area contributed by atoms with Crippen molar-refractivity contribution in [3.05, 3.63) is 53.1 Å². The molecule has 3 rings (SSSR count).